The molecule has 0 atom stereocenters. The number of nitro groups is 1. The normalized spacial score (nSPS) is 12.0. The van der Waals surface area contributed by atoms with Crippen LogP contribution < -0.4 is 10.4 Å². The molecule has 0 N–H and O–H groups in total. The third-order valence-corrected chi connectivity index (χ3v) is 9.98. The summed E-state index contributed by atoms with van der Waals surface area (Å²) in [6.07, 6.45) is 0. The molecular weight excluding hydrogens is 366 g/mol. The van der Waals surface area contributed by atoms with Crippen LogP contribution in [0, 0.1) is 10.1 Å². The van der Waals surface area contributed by atoms with Gasteiger partial charge in [-0.2, -0.15) is 0 Å². The topological polar surface area (TPSA) is 52.4 Å². The van der Waals surface area contributed by atoms with Gasteiger partial charge >= 0.3 is 0 Å². The number of hydrogen-bond donors (Lipinski definition) is 0. The van der Waals surface area contributed by atoms with Crippen LogP contribution in [0.1, 0.15) is 26.3 Å². The molecule has 0 unspecified atom stereocenters. The minimum absolute atomic E-state index is 0.0866. The Morgan fingerprint density at radius 2 is 1.39 bits per heavy atom. The third-order valence-electron chi connectivity index (χ3n) is 4.99. The lowest BCUT2D eigenvalue weighted by Gasteiger charge is -2.43. The maximum Gasteiger partial charge on any atom is 0.269 e. The largest absolute Gasteiger partial charge is 0.403 e. The summed E-state index contributed by atoms with van der Waals surface area (Å²) in [5.41, 5.74) is 0.894. The fraction of sp³-hybridized carbons (Fsp3) is 0.217. The van der Waals surface area contributed by atoms with Gasteiger partial charge in [0.15, 0.2) is 0 Å². The van der Waals surface area contributed by atoms with Crippen molar-refractivity contribution in [2.24, 2.45) is 0 Å². The van der Waals surface area contributed by atoms with Crippen molar-refractivity contribution in [3.05, 3.63) is 101 Å². The second-order valence-electron chi connectivity index (χ2n) is 7.88. The van der Waals surface area contributed by atoms with Gasteiger partial charge in [0.25, 0.3) is 14.0 Å². The van der Waals surface area contributed by atoms with Crippen LogP contribution in [0.4, 0.5) is 5.69 Å². The van der Waals surface area contributed by atoms with E-state index in [-0.39, 0.29) is 15.6 Å². The van der Waals surface area contributed by atoms with E-state index in [9.17, 15) is 10.1 Å². The Morgan fingerprint density at radius 3 is 1.86 bits per heavy atom. The first-order valence-electron chi connectivity index (χ1n) is 9.33. The maximum absolute atomic E-state index is 11.1. The van der Waals surface area contributed by atoms with Gasteiger partial charge in [-0.25, -0.2) is 0 Å². The molecule has 3 rings (SSSR count). The number of hydrogen-bond acceptors (Lipinski definition) is 3. The molecule has 0 heterocycles. The molecule has 0 aliphatic heterocycles. The first-order valence-corrected chi connectivity index (χ1v) is 11.2. The van der Waals surface area contributed by atoms with Crippen LogP contribution in [0.25, 0.3) is 0 Å². The molecule has 0 fully saturated rings. The first kappa shape index (κ1) is 20.0. The fourth-order valence-corrected chi connectivity index (χ4v) is 8.25. The Balaban J connectivity index is 2.09. The molecule has 0 saturated carbocycles. The van der Waals surface area contributed by atoms with Gasteiger partial charge in [-0.3, -0.25) is 10.1 Å². The molecule has 5 heteroatoms. The molecule has 0 radical (unpaired) electrons. The van der Waals surface area contributed by atoms with Crippen LogP contribution in [0.3, 0.4) is 0 Å². The summed E-state index contributed by atoms with van der Waals surface area (Å²) in [6, 6.07) is 27.4. The van der Waals surface area contributed by atoms with E-state index in [1.807, 2.05) is 42.5 Å². The monoisotopic (exact) mass is 391 g/mol. The van der Waals surface area contributed by atoms with Gasteiger partial charge < -0.3 is 4.43 Å². The van der Waals surface area contributed by atoms with Gasteiger partial charge in [0.2, 0.25) is 0 Å². The van der Waals surface area contributed by atoms with E-state index in [4.69, 9.17) is 4.43 Å². The summed E-state index contributed by atoms with van der Waals surface area (Å²) in [4.78, 5) is 10.8. The van der Waals surface area contributed by atoms with Gasteiger partial charge in [0, 0.05) is 12.1 Å². The van der Waals surface area contributed by atoms with Gasteiger partial charge in [0.05, 0.1) is 11.5 Å². The third kappa shape index (κ3) is 3.91. The Hall–Kier alpha value is -2.76. The quantitative estimate of drug-likeness (QED) is 0.348. The van der Waals surface area contributed by atoms with Crippen molar-refractivity contribution in [2.75, 3.05) is 0 Å². The summed E-state index contributed by atoms with van der Waals surface area (Å²) in [7, 11) is -2.65. The van der Waals surface area contributed by atoms with Gasteiger partial charge in [0.1, 0.15) is 0 Å². The number of nitrogens with zero attached hydrogens (tertiary/aromatic N) is 1. The molecule has 0 aliphatic carbocycles. The van der Waals surface area contributed by atoms with Crippen LogP contribution in [-0.4, -0.2) is 13.2 Å². The highest BCUT2D eigenvalue weighted by atomic mass is 28.4. The summed E-state index contributed by atoms with van der Waals surface area (Å²) in [5, 5.41) is 13.4. The van der Waals surface area contributed by atoms with E-state index in [1.54, 1.807) is 12.1 Å². The standard InChI is InChI=1S/C23H25NO3Si/c1-23(2,3)28(21-13-6-4-7-14-21,22-15-8-5-9-16-22)27-18-19-11-10-12-20(17-19)24(25)26/h4-17H,18H2,1-3H3. The summed E-state index contributed by atoms with van der Waals surface area (Å²) in [6.45, 7) is 6.97. The highest BCUT2D eigenvalue weighted by molar-refractivity contribution is 6.99. The fourth-order valence-electron chi connectivity index (χ4n) is 3.71. The number of nitro benzene ring substituents is 1. The predicted octanol–water partition coefficient (Wildman–Crippen LogP) is 4.67. The number of benzene rings is 3. The van der Waals surface area contributed by atoms with Gasteiger partial charge in [-0.1, -0.05) is 93.6 Å². The minimum Gasteiger partial charge on any atom is -0.403 e. The Kier molecular flexibility index (Phi) is 5.77. The van der Waals surface area contributed by atoms with E-state index in [2.05, 4.69) is 45.0 Å². The van der Waals surface area contributed by atoms with Crippen LogP contribution >= 0.6 is 0 Å². The maximum atomic E-state index is 11.1. The molecule has 28 heavy (non-hydrogen) atoms. The van der Waals surface area contributed by atoms with Gasteiger partial charge in [-0.15, -0.1) is 0 Å². The zero-order valence-electron chi connectivity index (χ0n) is 16.5. The lowest BCUT2D eigenvalue weighted by molar-refractivity contribution is -0.384. The molecule has 144 valence electrons. The second-order valence-corrected chi connectivity index (χ2v) is 12.2. The zero-order valence-corrected chi connectivity index (χ0v) is 17.5. The Labute approximate surface area is 167 Å². The SMILES string of the molecule is CC(C)(C)[Si](OCc1cccc([N+](=O)[O-])c1)(c1ccccc1)c1ccccc1. The molecule has 0 aromatic heterocycles. The lowest BCUT2D eigenvalue weighted by Crippen LogP contribution is -2.66. The highest BCUT2D eigenvalue weighted by Gasteiger charge is 2.50. The molecule has 3 aromatic carbocycles. The van der Waals surface area contributed by atoms with E-state index in [0.717, 1.165) is 5.56 Å². The summed E-state index contributed by atoms with van der Waals surface area (Å²) < 4.78 is 6.80. The average Bonchev–Trinajstić information content (AvgIpc) is 2.69. The molecule has 3 aromatic rings. The van der Waals surface area contributed by atoms with Gasteiger partial charge in [-0.05, 0) is 21.0 Å². The summed E-state index contributed by atoms with van der Waals surface area (Å²) >= 11 is 0. The Bertz CT molecular complexity index is 897. The van der Waals surface area contributed by atoms with E-state index < -0.39 is 8.32 Å². The predicted molar refractivity (Wildman–Crippen MR) is 116 cm³/mol. The van der Waals surface area contributed by atoms with Crippen LogP contribution in [0.5, 0.6) is 0 Å². The highest BCUT2D eigenvalue weighted by Crippen LogP contribution is 2.37. The van der Waals surface area contributed by atoms with E-state index in [1.165, 1.54) is 16.4 Å². The second kappa shape index (κ2) is 8.08. The lowest BCUT2D eigenvalue weighted by atomic mass is 10.2. The minimum atomic E-state index is -2.65. The van der Waals surface area contributed by atoms with Crippen molar-refractivity contribution in [2.45, 2.75) is 32.4 Å². The van der Waals surface area contributed by atoms with E-state index >= 15 is 0 Å². The van der Waals surface area contributed by atoms with Crippen molar-refractivity contribution in [1.29, 1.82) is 0 Å². The molecular formula is C23H25NO3Si. The molecule has 0 spiro atoms. The van der Waals surface area contributed by atoms with Crippen LogP contribution in [0.15, 0.2) is 84.9 Å². The smallest absolute Gasteiger partial charge is 0.269 e. The van der Waals surface area contributed by atoms with E-state index in [0.29, 0.717) is 6.61 Å². The molecule has 0 amide bonds. The Morgan fingerprint density at radius 1 is 0.857 bits per heavy atom. The average molecular weight is 392 g/mol. The molecule has 4 nitrogen and oxygen atoms in total. The van der Waals surface area contributed by atoms with Crippen molar-refractivity contribution >= 4 is 24.4 Å². The van der Waals surface area contributed by atoms with Crippen molar-refractivity contribution in [3.63, 3.8) is 0 Å². The van der Waals surface area contributed by atoms with Crippen LogP contribution in [-0.2, 0) is 11.0 Å². The molecule has 0 bridgehead atoms. The first-order chi connectivity index (χ1) is 13.3. The zero-order chi connectivity index (χ0) is 20.2. The number of rotatable bonds is 6. The number of non-ortho nitro benzene ring substituents is 1. The van der Waals surface area contributed by atoms with Crippen molar-refractivity contribution < 1.29 is 9.35 Å². The van der Waals surface area contributed by atoms with Crippen molar-refractivity contribution in [1.82, 2.24) is 0 Å². The van der Waals surface area contributed by atoms with Crippen LogP contribution in [0.2, 0.25) is 5.04 Å². The molecule has 0 aliphatic rings. The summed E-state index contributed by atoms with van der Waals surface area (Å²) in [5.74, 6) is 0. The van der Waals surface area contributed by atoms with Crippen molar-refractivity contribution in [3.8, 4) is 0 Å². The molecule has 0 saturated heterocycles.